The van der Waals surface area contributed by atoms with Gasteiger partial charge >= 0.3 is 0 Å². The van der Waals surface area contributed by atoms with Gasteiger partial charge in [-0.3, -0.25) is 4.98 Å². The van der Waals surface area contributed by atoms with Crippen molar-refractivity contribution in [2.45, 2.75) is 11.4 Å². The quantitative estimate of drug-likeness (QED) is 0.826. The van der Waals surface area contributed by atoms with Crippen molar-refractivity contribution < 1.29 is 8.42 Å². The van der Waals surface area contributed by atoms with Crippen molar-refractivity contribution in [3.63, 3.8) is 0 Å². The van der Waals surface area contributed by atoms with Gasteiger partial charge in [-0.25, -0.2) is 8.42 Å². The summed E-state index contributed by atoms with van der Waals surface area (Å²) in [6.07, 6.45) is 2.65. The van der Waals surface area contributed by atoms with E-state index in [0.717, 1.165) is 4.31 Å². The zero-order chi connectivity index (χ0) is 15.6. The van der Waals surface area contributed by atoms with Gasteiger partial charge in [-0.2, -0.15) is 4.31 Å². The van der Waals surface area contributed by atoms with Crippen LogP contribution in [-0.4, -0.2) is 24.8 Å². The molecule has 4 nitrogen and oxygen atoms in total. The second-order valence-electron chi connectivity index (χ2n) is 4.34. The van der Waals surface area contributed by atoms with Gasteiger partial charge in [0.05, 0.1) is 5.02 Å². The van der Waals surface area contributed by atoms with Crippen LogP contribution >= 0.6 is 34.8 Å². The smallest absolute Gasteiger partial charge is 0.246 e. The number of aromatic nitrogens is 1. The molecule has 0 fully saturated rings. The second-order valence-corrected chi connectivity index (χ2v) is 7.64. The van der Waals surface area contributed by atoms with Crippen LogP contribution in [0, 0.1) is 0 Å². The highest BCUT2D eigenvalue weighted by Gasteiger charge is 2.24. The van der Waals surface area contributed by atoms with Crippen molar-refractivity contribution in [1.82, 2.24) is 9.29 Å². The fourth-order valence-electron chi connectivity index (χ4n) is 1.77. The Kier molecular flexibility index (Phi) is 5.11. The highest BCUT2D eigenvalue weighted by molar-refractivity contribution is 7.89. The van der Waals surface area contributed by atoms with Gasteiger partial charge in [0, 0.05) is 36.0 Å². The summed E-state index contributed by atoms with van der Waals surface area (Å²) in [7, 11) is -2.29. The number of hydrogen-bond acceptors (Lipinski definition) is 3. The highest BCUT2D eigenvalue weighted by Crippen LogP contribution is 2.25. The molecule has 0 saturated carbocycles. The molecule has 2 rings (SSSR count). The van der Waals surface area contributed by atoms with E-state index in [1.807, 2.05) is 0 Å². The average molecular weight is 366 g/mol. The topological polar surface area (TPSA) is 50.3 Å². The van der Waals surface area contributed by atoms with Crippen molar-refractivity contribution in [3.8, 4) is 0 Å². The third-order valence-corrected chi connectivity index (χ3v) is 5.46. The molecular formula is C13H11Cl3N2O2S. The van der Waals surface area contributed by atoms with E-state index in [2.05, 4.69) is 4.98 Å². The van der Waals surface area contributed by atoms with Crippen molar-refractivity contribution >= 4 is 44.8 Å². The van der Waals surface area contributed by atoms with Crippen molar-refractivity contribution in [1.29, 1.82) is 0 Å². The molecule has 0 spiro atoms. The first-order chi connectivity index (χ1) is 9.80. The molecular weight excluding hydrogens is 355 g/mol. The van der Waals surface area contributed by atoms with E-state index < -0.39 is 10.0 Å². The average Bonchev–Trinajstić information content (AvgIpc) is 2.37. The predicted molar refractivity (Wildman–Crippen MR) is 84.4 cm³/mol. The zero-order valence-electron chi connectivity index (χ0n) is 10.9. The lowest BCUT2D eigenvalue weighted by molar-refractivity contribution is 0.466. The fraction of sp³-hybridized carbons (Fsp3) is 0.154. The molecule has 1 heterocycles. The number of benzene rings is 1. The van der Waals surface area contributed by atoms with Crippen LogP contribution in [0.1, 0.15) is 5.56 Å². The van der Waals surface area contributed by atoms with E-state index in [-0.39, 0.29) is 16.5 Å². The maximum absolute atomic E-state index is 12.5. The van der Waals surface area contributed by atoms with E-state index >= 15 is 0 Å². The maximum Gasteiger partial charge on any atom is 0.246 e. The third-order valence-electron chi connectivity index (χ3n) is 2.75. The molecule has 0 aliphatic carbocycles. The molecule has 0 saturated heterocycles. The molecule has 112 valence electrons. The molecule has 0 bridgehead atoms. The summed E-state index contributed by atoms with van der Waals surface area (Å²) in [6.45, 7) is 0.119. The second kappa shape index (κ2) is 6.50. The Hall–Kier alpha value is -0.850. The van der Waals surface area contributed by atoms with Crippen LogP contribution in [0.5, 0.6) is 0 Å². The lowest BCUT2D eigenvalue weighted by atomic mass is 10.2. The number of sulfonamides is 1. The van der Waals surface area contributed by atoms with Gasteiger partial charge in [0.2, 0.25) is 10.0 Å². The Bertz CT molecular complexity index is 746. The van der Waals surface area contributed by atoms with Gasteiger partial charge < -0.3 is 0 Å². The molecule has 1 aromatic heterocycles. The molecule has 2 aromatic rings. The first-order valence-electron chi connectivity index (χ1n) is 5.81. The van der Waals surface area contributed by atoms with Gasteiger partial charge in [0.25, 0.3) is 0 Å². The Morgan fingerprint density at radius 2 is 1.76 bits per heavy atom. The summed E-state index contributed by atoms with van der Waals surface area (Å²) >= 11 is 17.7. The Morgan fingerprint density at radius 3 is 2.33 bits per heavy atom. The lowest BCUT2D eigenvalue weighted by Crippen LogP contribution is -2.26. The molecule has 0 aliphatic heterocycles. The minimum Gasteiger partial charge on any atom is -0.263 e. The first kappa shape index (κ1) is 16.5. The van der Waals surface area contributed by atoms with Gasteiger partial charge in [0.15, 0.2) is 0 Å². The van der Waals surface area contributed by atoms with Gasteiger partial charge in [-0.15, -0.1) is 0 Å². The van der Waals surface area contributed by atoms with Crippen molar-refractivity contribution in [2.75, 3.05) is 7.05 Å². The van der Waals surface area contributed by atoms with Crippen LogP contribution in [0.15, 0.2) is 41.6 Å². The molecule has 0 aliphatic rings. The van der Waals surface area contributed by atoms with Crippen LogP contribution in [0.25, 0.3) is 0 Å². The number of hydrogen-bond donors (Lipinski definition) is 0. The van der Waals surface area contributed by atoms with Crippen LogP contribution in [-0.2, 0) is 16.6 Å². The summed E-state index contributed by atoms with van der Waals surface area (Å²) in [5, 5.41) is 1.02. The van der Waals surface area contributed by atoms with E-state index in [1.165, 1.54) is 25.5 Å². The van der Waals surface area contributed by atoms with E-state index in [0.29, 0.717) is 15.6 Å². The van der Waals surface area contributed by atoms with Gasteiger partial charge in [-0.1, -0.05) is 34.8 Å². The van der Waals surface area contributed by atoms with E-state index in [4.69, 9.17) is 34.8 Å². The molecule has 0 N–H and O–H groups in total. The maximum atomic E-state index is 12.5. The number of pyridine rings is 1. The van der Waals surface area contributed by atoms with Crippen LogP contribution in [0.2, 0.25) is 15.1 Å². The minimum absolute atomic E-state index is 0.0395. The molecule has 0 unspecified atom stereocenters. The Balaban J connectivity index is 2.31. The third kappa shape index (κ3) is 3.87. The van der Waals surface area contributed by atoms with Crippen LogP contribution < -0.4 is 0 Å². The predicted octanol–water partition coefficient (Wildman–Crippen LogP) is 3.86. The number of rotatable bonds is 4. The summed E-state index contributed by atoms with van der Waals surface area (Å²) in [4.78, 5) is 3.76. The number of halogens is 3. The molecule has 0 radical (unpaired) electrons. The van der Waals surface area contributed by atoms with Gasteiger partial charge in [0.1, 0.15) is 4.90 Å². The fourth-order valence-corrected chi connectivity index (χ4v) is 3.90. The first-order valence-corrected chi connectivity index (χ1v) is 8.39. The van der Waals surface area contributed by atoms with Crippen LogP contribution in [0.3, 0.4) is 0 Å². The SMILES string of the molecule is CN(Cc1cc(Cl)cc(Cl)c1)S(=O)(=O)c1cnccc1Cl. The molecule has 1 aromatic carbocycles. The molecule has 21 heavy (non-hydrogen) atoms. The largest absolute Gasteiger partial charge is 0.263 e. The van der Waals surface area contributed by atoms with Crippen molar-refractivity contribution in [3.05, 3.63) is 57.3 Å². The minimum atomic E-state index is -3.74. The van der Waals surface area contributed by atoms with E-state index in [1.54, 1.807) is 18.2 Å². The molecule has 0 amide bonds. The normalized spacial score (nSPS) is 11.9. The molecule has 0 atom stereocenters. The monoisotopic (exact) mass is 364 g/mol. The van der Waals surface area contributed by atoms with Crippen LogP contribution in [0.4, 0.5) is 0 Å². The van der Waals surface area contributed by atoms with Gasteiger partial charge in [-0.05, 0) is 29.8 Å². The summed E-state index contributed by atoms with van der Waals surface area (Å²) in [5.74, 6) is 0. The number of nitrogens with zero attached hydrogens (tertiary/aromatic N) is 2. The lowest BCUT2D eigenvalue weighted by Gasteiger charge is -2.18. The summed E-state index contributed by atoms with van der Waals surface area (Å²) < 4.78 is 26.1. The Labute approximate surface area is 138 Å². The van der Waals surface area contributed by atoms with Crippen molar-refractivity contribution in [2.24, 2.45) is 0 Å². The standard InChI is InChI=1S/C13H11Cl3N2O2S/c1-18(8-9-4-10(14)6-11(15)5-9)21(19,20)13-7-17-3-2-12(13)16/h2-7H,8H2,1H3. The zero-order valence-corrected chi connectivity index (χ0v) is 14.0. The highest BCUT2D eigenvalue weighted by atomic mass is 35.5. The summed E-state index contributed by atoms with van der Waals surface area (Å²) in [6, 6.07) is 6.33. The van der Waals surface area contributed by atoms with E-state index in [9.17, 15) is 8.42 Å². The molecule has 8 heteroatoms. The Morgan fingerprint density at radius 1 is 1.14 bits per heavy atom. The summed E-state index contributed by atoms with van der Waals surface area (Å²) in [5.41, 5.74) is 0.679.